The van der Waals surface area contributed by atoms with Gasteiger partial charge in [0.25, 0.3) is 0 Å². The van der Waals surface area contributed by atoms with E-state index in [2.05, 4.69) is 45.8 Å². The minimum atomic E-state index is -0.349. The van der Waals surface area contributed by atoms with Gasteiger partial charge in [0, 0.05) is 15.6 Å². The van der Waals surface area contributed by atoms with Crippen LogP contribution in [0, 0.1) is 17.5 Å². The van der Waals surface area contributed by atoms with E-state index in [1.54, 1.807) is 36.4 Å². The average Bonchev–Trinajstić information content (AvgIpc) is 2.86. The van der Waals surface area contributed by atoms with Crippen molar-refractivity contribution in [1.82, 2.24) is 29.9 Å². The van der Waals surface area contributed by atoms with Crippen molar-refractivity contribution in [1.29, 1.82) is 0 Å². The molecule has 2 heterocycles. The van der Waals surface area contributed by atoms with E-state index in [9.17, 15) is 13.2 Å². The maximum atomic E-state index is 12.9. The van der Waals surface area contributed by atoms with Crippen LogP contribution in [0.15, 0.2) is 77.3 Å². The Balaban J connectivity index is 0.000000669. The first-order valence-electron chi connectivity index (χ1n) is 10.2. The predicted octanol–water partition coefficient (Wildman–Crippen LogP) is 8.40. The van der Waals surface area contributed by atoms with Crippen molar-refractivity contribution in [3.63, 3.8) is 0 Å². The van der Waals surface area contributed by atoms with Gasteiger partial charge < -0.3 is 2.85 Å². The minimum absolute atomic E-state index is 0. The van der Waals surface area contributed by atoms with E-state index < -0.39 is 0 Å². The van der Waals surface area contributed by atoms with E-state index in [1.165, 1.54) is 36.4 Å². The first-order chi connectivity index (χ1) is 18.1. The summed E-state index contributed by atoms with van der Waals surface area (Å²) in [4.78, 5) is 22.7. The van der Waals surface area contributed by atoms with Gasteiger partial charge in [0.05, 0.1) is 0 Å². The standard InChI is InChI=1S/C15H8ClF2N3.C6H4BrF.C3Cl3N3.Mg.2H/c16-15-20-13(9-1-5-11(17)6-2-9)19-14(21-15)10-3-7-12(18)8-4-10;7-5-1-3-6(8)4-2-5;4-1-7-2(5)9-3(6)8-1;;;/h1-8H;1-4H;;;;/q;;;+2;2*-1. The van der Waals surface area contributed by atoms with Gasteiger partial charge in [-0.25, -0.2) is 18.2 Å². The van der Waals surface area contributed by atoms with Crippen LogP contribution in [0.4, 0.5) is 13.2 Å². The van der Waals surface area contributed by atoms with Crippen molar-refractivity contribution in [2.24, 2.45) is 0 Å². The summed E-state index contributed by atoms with van der Waals surface area (Å²) in [5.41, 5.74) is 1.23. The monoisotopic (exact) mass is 686 g/mol. The van der Waals surface area contributed by atoms with Crippen molar-refractivity contribution in [2.45, 2.75) is 0 Å². The topological polar surface area (TPSA) is 77.3 Å². The van der Waals surface area contributed by atoms with Gasteiger partial charge in [-0.2, -0.15) is 24.9 Å². The molecule has 3 aromatic carbocycles. The minimum Gasteiger partial charge on any atom is -1.00 e. The number of hydrogen-bond acceptors (Lipinski definition) is 6. The van der Waals surface area contributed by atoms with Crippen LogP contribution >= 0.6 is 62.3 Å². The van der Waals surface area contributed by atoms with Crippen molar-refractivity contribution in [3.8, 4) is 22.8 Å². The first kappa shape index (κ1) is 33.1. The van der Waals surface area contributed by atoms with Crippen molar-refractivity contribution >= 4 is 85.4 Å². The summed E-state index contributed by atoms with van der Waals surface area (Å²) in [6.45, 7) is 0. The molecule has 0 aliphatic heterocycles. The summed E-state index contributed by atoms with van der Waals surface area (Å²) < 4.78 is 38.9. The summed E-state index contributed by atoms with van der Waals surface area (Å²) in [7, 11) is 0. The molecule has 15 heteroatoms. The molecule has 0 bridgehead atoms. The van der Waals surface area contributed by atoms with Crippen molar-refractivity contribution in [2.75, 3.05) is 0 Å². The molecule has 5 rings (SSSR count). The zero-order valence-corrected chi connectivity index (χ0v) is 25.4. The summed E-state index contributed by atoms with van der Waals surface area (Å²) in [5.74, 6) is -0.243. The third-order valence-corrected chi connectivity index (χ3v) is 5.37. The molecule has 6 nitrogen and oxygen atoms in total. The second-order valence-corrected chi connectivity index (χ2v) is 9.11. The van der Waals surface area contributed by atoms with Gasteiger partial charge in [0.1, 0.15) is 17.5 Å². The quantitative estimate of drug-likeness (QED) is 0.173. The molecule has 0 unspecified atom stereocenters. The fourth-order valence-corrected chi connectivity index (χ4v) is 3.57. The number of nitrogens with zero attached hydrogens (tertiary/aromatic N) is 6. The van der Waals surface area contributed by atoms with Gasteiger partial charge >= 0.3 is 23.1 Å². The Labute approximate surface area is 268 Å². The molecule has 0 saturated heterocycles. The van der Waals surface area contributed by atoms with Crippen molar-refractivity contribution < 1.29 is 16.0 Å². The summed E-state index contributed by atoms with van der Waals surface area (Å²) in [5, 5.41) is 0.0173. The van der Waals surface area contributed by atoms with Gasteiger partial charge in [0.15, 0.2) is 11.6 Å². The third kappa shape index (κ3) is 11.5. The molecular weight excluding hydrogens is 675 g/mol. The summed E-state index contributed by atoms with van der Waals surface area (Å²) >= 11 is 25.0. The van der Waals surface area contributed by atoms with E-state index in [0.717, 1.165) is 4.47 Å². The summed E-state index contributed by atoms with van der Waals surface area (Å²) in [6, 6.07) is 17.6. The Morgan fingerprint density at radius 1 is 0.462 bits per heavy atom. The fourth-order valence-electron chi connectivity index (χ4n) is 2.54. The van der Waals surface area contributed by atoms with Crippen LogP contribution in [0.5, 0.6) is 0 Å². The van der Waals surface area contributed by atoms with E-state index in [1.807, 2.05) is 0 Å². The number of aromatic nitrogens is 6. The largest absolute Gasteiger partial charge is 2.00 e. The van der Waals surface area contributed by atoms with Gasteiger partial charge in [0.2, 0.25) is 21.1 Å². The zero-order valence-electron chi connectivity index (χ0n) is 21.3. The van der Waals surface area contributed by atoms with Crippen LogP contribution in [0.3, 0.4) is 0 Å². The van der Waals surface area contributed by atoms with Gasteiger partial charge in [-0.15, -0.1) is 0 Å². The van der Waals surface area contributed by atoms with Gasteiger partial charge in [-0.1, -0.05) is 15.9 Å². The molecule has 0 amide bonds. The van der Waals surface area contributed by atoms with Crippen LogP contribution in [0.2, 0.25) is 21.1 Å². The Morgan fingerprint density at radius 3 is 1.05 bits per heavy atom. The molecule has 0 aliphatic rings. The predicted molar refractivity (Wildman–Crippen MR) is 153 cm³/mol. The fraction of sp³-hybridized carbons (Fsp3) is 0. The zero-order chi connectivity index (χ0) is 27.7. The SMILES string of the molecule is Clc1nc(Cl)nc(Cl)n1.Fc1ccc(-c2nc(Cl)nc(-c3ccc(F)cc3)n2)cc1.Fc1ccc(Br)cc1.[H-].[H-].[Mg+2]. The molecule has 0 fully saturated rings. The van der Waals surface area contributed by atoms with Gasteiger partial charge in [-0.3, -0.25) is 0 Å². The Bertz CT molecular complexity index is 1380. The normalized spacial score (nSPS) is 9.85. The number of rotatable bonds is 2. The molecular formula is C24H14BrCl4F3MgN6. The third-order valence-electron chi connectivity index (χ3n) is 4.17. The Morgan fingerprint density at radius 2 is 0.744 bits per heavy atom. The Kier molecular flexibility index (Phi) is 13.8. The molecule has 198 valence electrons. The maximum Gasteiger partial charge on any atom is 2.00 e. The maximum absolute atomic E-state index is 12.9. The molecule has 0 spiro atoms. The van der Waals surface area contributed by atoms with Crippen LogP contribution in [-0.4, -0.2) is 53.0 Å². The van der Waals surface area contributed by atoms with E-state index >= 15 is 0 Å². The van der Waals surface area contributed by atoms with Crippen LogP contribution in [0.25, 0.3) is 22.8 Å². The number of benzene rings is 3. The van der Waals surface area contributed by atoms with Crippen LogP contribution in [0.1, 0.15) is 2.85 Å². The Hall–Kier alpha value is -2.12. The average molecular weight is 689 g/mol. The van der Waals surface area contributed by atoms with Crippen molar-refractivity contribution in [3.05, 3.63) is 116 Å². The molecule has 0 aliphatic carbocycles. The molecule has 0 N–H and O–H groups in total. The molecule has 0 radical (unpaired) electrons. The summed E-state index contributed by atoms with van der Waals surface area (Å²) in [6.07, 6.45) is 0. The van der Waals surface area contributed by atoms with Crippen LogP contribution < -0.4 is 0 Å². The van der Waals surface area contributed by atoms with Gasteiger partial charge in [-0.05, 0) is 119 Å². The van der Waals surface area contributed by atoms with E-state index in [-0.39, 0.29) is 64.5 Å². The second kappa shape index (κ2) is 16.2. The molecule has 0 atom stereocenters. The molecule has 0 saturated carbocycles. The van der Waals surface area contributed by atoms with E-state index in [0.29, 0.717) is 22.8 Å². The molecule has 2 aromatic heterocycles. The molecule has 39 heavy (non-hydrogen) atoms. The first-order valence-corrected chi connectivity index (χ1v) is 12.5. The van der Waals surface area contributed by atoms with Crippen LogP contribution in [-0.2, 0) is 0 Å². The number of hydrogen-bond donors (Lipinski definition) is 0. The van der Waals surface area contributed by atoms with E-state index in [4.69, 9.17) is 46.4 Å². The molecule has 5 aromatic rings. The second-order valence-electron chi connectivity index (χ2n) is 6.84. The smallest absolute Gasteiger partial charge is 1.00 e. The number of halogens is 8.